The first-order valence-corrected chi connectivity index (χ1v) is 12.8. The van der Waals surface area contributed by atoms with Crippen LogP contribution in [-0.2, 0) is 11.2 Å². The molecule has 0 bridgehead atoms. The highest BCUT2D eigenvalue weighted by Crippen LogP contribution is 2.30. The Morgan fingerprint density at radius 3 is 2.56 bits per heavy atom. The predicted octanol–water partition coefficient (Wildman–Crippen LogP) is 0.958. The number of nitrogens with two attached hydrogens (primary N) is 1. The summed E-state index contributed by atoms with van der Waals surface area (Å²) in [4.78, 5) is 41.7. The van der Waals surface area contributed by atoms with Gasteiger partial charge in [-0.15, -0.1) is 0 Å². The van der Waals surface area contributed by atoms with Gasteiger partial charge >= 0.3 is 11.6 Å². The number of aromatic nitrogens is 2. The van der Waals surface area contributed by atoms with Crippen molar-refractivity contribution in [3.8, 4) is 5.75 Å². The molecule has 2 amide bonds. The lowest BCUT2D eigenvalue weighted by Crippen LogP contribution is -2.85. The van der Waals surface area contributed by atoms with Gasteiger partial charge in [0.05, 0.1) is 37.9 Å². The molecule has 0 radical (unpaired) electrons. The van der Waals surface area contributed by atoms with Crippen LogP contribution in [0.4, 0.5) is 20.6 Å². The van der Waals surface area contributed by atoms with Crippen molar-refractivity contribution in [2.24, 2.45) is 4.99 Å². The van der Waals surface area contributed by atoms with E-state index in [4.69, 9.17) is 14.5 Å². The van der Waals surface area contributed by atoms with Crippen LogP contribution >= 0.6 is 0 Å². The fourth-order valence-corrected chi connectivity index (χ4v) is 5.08. The third-order valence-electron chi connectivity index (χ3n) is 7.19. The highest BCUT2D eigenvalue weighted by atomic mass is 19.1. The molecule has 2 saturated heterocycles. The highest BCUT2D eigenvalue weighted by molar-refractivity contribution is 5.99. The number of anilines is 2. The second-order valence-electron chi connectivity index (χ2n) is 9.70. The number of hydrogen-bond acceptors (Lipinski definition) is 7. The van der Waals surface area contributed by atoms with Crippen LogP contribution in [0.5, 0.6) is 5.75 Å². The lowest BCUT2D eigenvalue weighted by molar-refractivity contribution is -0.481. The molecular formula is C27H29FN7O4+. The molecule has 2 N–H and O–H groups in total. The number of halogens is 1. The summed E-state index contributed by atoms with van der Waals surface area (Å²) in [5.74, 6) is 0.256. The number of hydrogen-bond donors (Lipinski definition) is 1. The zero-order chi connectivity index (χ0) is 27.1. The molecule has 202 valence electrons. The summed E-state index contributed by atoms with van der Waals surface area (Å²) in [6, 6.07) is 8.06. The molecule has 39 heavy (non-hydrogen) atoms. The number of ether oxygens (including phenoxy) is 2. The first-order chi connectivity index (χ1) is 18.9. The van der Waals surface area contributed by atoms with Gasteiger partial charge in [0.2, 0.25) is 5.75 Å². The quantitative estimate of drug-likeness (QED) is 0.505. The molecule has 3 aromatic rings. The van der Waals surface area contributed by atoms with Crippen molar-refractivity contribution in [1.29, 1.82) is 0 Å². The molecule has 3 aliphatic rings. The molecule has 2 fully saturated rings. The van der Waals surface area contributed by atoms with Crippen LogP contribution in [0.25, 0.3) is 5.65 Å². The topological polar surface area (TPSA) is 109 Å². The largest absolute Gasteiger partial charge is 0.489 e. The summed E-state index contributed by atoms with van der Waals surface area (Å²) in [6.45, 7) is 3.55. The summed E-state index contributed by atoms with van der Waals surface area (Å²) >= 11 is 0. The van der Waals surface area contributed by atoms with Gasteiger partial charge in [-0.25, -0.2) is 14.2 Å². The average Bonchev–Trinajstić information content (AvgIpc) is 3.56. The fraction of sp³-hybridized carbons (Fsp3) is 0.333. The number of pyridine rings is 1. The fourth-order valence-electron chi connectivity index (χ4n) is 5.08. The van der Waals surface area contributed by atoms with Crippen LogP contribution in [0.2, 0.25) is 0 Å². The van der Waals surface area contributed by atoms with E-state index in [-0.39, 0.29) is 17.6 Å². The molecule has 5 heterocycles. The standard InChI is InChI=1S/C27H28FN7O4/c1-32-7-8-34(27(32)37)21-14-20(33-9-11-39-12-10-33)16-35-25(21)31-22(23(38-2)26(35)36)24-29-15-19(30-24)13-17-3-5-18(28)6-4-17/h3-6,14-16H,7-13H2,1-2H3,(H,29,30)/p+1. The second kappa shape index (κ2) is 10.1. The summed E-state index contributed by atoms with van der Waals surface area (Å²) in [6.07, 6.45) is 4.00. The number of methoxy groups -OCH3 is 1. The van der Waals surface area contributed by atoms with E-state index in [9.17, 15) is 14.0 Å². The van der Waals surface area contributed by atoms with Gasteiger partial charge in [0.15, 0.2) is 11.3 Å². The van der Waals surface area contributed by atoms with Crippen LogP contribution in [0, 0.1) is 5.82 Å². The minimum absolute atomic E-state index is 0.0638. The van der Waals surface area contributed by atoms with Gasteiger partial charge in [-0.05, 0) is 23.8 Å². The second-order valence-corrected chi connectivity index (χ2v) is 9.70. The Balaban J connectivity index is 1.42. The SMILES string of the molecule is COc1c(C2=NC=C(Cc3ccc(F)cc3)[NH2+]2)nc2c(N3CCN(C)C3=O)cc(N3CCOCC3)cn2c1=O. The Morgan fingerprint density at radius 2 is 1.87 bits per heavy atom. The van der Waals surface area contributed by atoms with Gasteiger partial charge in [0, 0.05) is 45.8 Å². The number of quaternary nitrogens is 1. The number of benzene rings is 1. The molecule has 3 aliphatic heterocycles. The molecule has 6 rings (SSSR count). The number of urea groups is 1. The summed E-state index contributed by atoms with van der Waals surface area (Å²) in [5.41, 5.74) is 3.43. The molecule has 12 heteroatoms. The zero-order valence-electron chi connectivity index (χ0n) is 21.8. The van der Waals surface area contributed by atoms with Gasteiger partial charge in [-0.3, -0.25) is 19.4 Å². The number of rotatable bonds is 6. The minimum Gasteiger partial charge on any atom is -0.489 e. The number of likely N-dealkylation sites (N-methyl/N-ethyl adjacent to an activating group) is 1. The number of allylic oxidation sites excluding steroid dienone is 1. The van der Waals surface area contributed by atoms with Gasteiger partial charge in [0.25, 0.3) is 5.84 Å². The third kappa shape index (κ3) is 4.61. The van der Waals surface area contributed by atoms with Crippen molar-refractivity contribution in [1.82, 2.24) is 14.3 Å². The number of amidine groups is 1. The highest BCUT2D eigenvalue weighted by Gasteiger charge is 2.32. The van der Waals surface area contributed by atoms with Gasteiger partial charge in [-0.1, -0.05) is 12.1 Å². The van der Waals surface area contributed by atoms with Crippen molar-refractivity contribution in [3.63, 3.8) is 0 Å². The Hall–Kier alpha value is -4.29. The van der Waals surface area contributed by atoms with E-state index in [0.29, 0.717) is 68.7 Å². The molecular weight excluding hydrogens is 505 g/mol. The predicted molar refractivity (Wildman–Crippen MR) is 143 cm³/mol. The van der Waals surface area contributed by atoms with E-state index in [1.165, 1.54) is 23.6 Å². The molecule has 1 aromatic carbocycles. The Bertz CT molecular complexity index is 1560. The maximum Gasteiger partial charge on any atom is 0.324 e. The van der Waals surface area contributed by atoms with E-state index in [1.807, 2.05) is 11.4 Å². The molecule has 11 nitrogen and oxygen atoms in total. The first-order valence-electron chi connectivity index (χ1n) is 12.8. The Kier molecular flexibility index (Phi) is 6.49. The Labute approximate surface area is 223 Å². The third-order valence-corrected chi connectivity index (χ3v) is 7.19. The van der Waals surface area contributed by atoms with Crippen molar-refractivity contribution < 1.29 is 24.0 Å². The van der Waals surface area contributed by atoms with E-state index in [2.05, 4.69) is 9.89 Å². The van der Waals surface area contributed by atoms with E-state index in [0.717, 1.165) is 16.9 Å². The van der Waals surface area contributed by atoms with Crippen molar-refractivity contribution in [2.75, 3.05) is 63.4 Å². The lowest BCUT2D eigenvalue weighted by atomic mass is 10.1. The summed E-state index contributed by atoms with van der Waals surface area (Å²) in [5, 5.41) is 1.85. The number of aliphatic imine (C=N–C) groups is 1. The van der Waals surface area contributed by atoms with Crippen molar-refractivity contribution >= 4 is 28.9 Å². The number of nitrogens with zero attached hydrogens (tertiary/aromatic N) is 6. The molecule has 2 aromatic heterocycles. The number of morpholine rings is 1. The van der Waals surface area contributed by atoms with E-state index >= 15 is 0 Å². The molecule has 0 unspecified atom stereocenters. The van der Waals surface area contributed by atoms with Crippen LogP contribution in [0.1, 0.15) is 11.3 Å². The van der Waals surface area contributed by atoms with Gasteiger partial charge < -0.3 is 19.3 Å². The number of carbonyl (C=O) groups is 1. The monoisotopic (exact) mass is 534 g/mol. The summed E-state index contributed by atoms with van der Waals surface area (Å²) in [7, 11) is 3.18. The van der Waals surface area contributed by atoms with E-state index < -0.39 is 5.56 Å². The maximum atomic E-state index is 13.8. The molecule has 0 aliphatic carbocycles. The van der Waals surface area contributed by atoms with E-state index in [1.54, 1.807) is 41.4 Å². The smallest absolute Gasteiger partial charge is 0.324 e. The van der Waals surface area contributed by atoms with Crippen molar-refractivity contribution in [3.05, 3.63) is 75.9 Å². The number of carbonyl (C=O) groups excluding carboxylic acids is 1. The van der Waals surface area contributed by atoms with Crippen LogP contribution < -0.4 is 25.4 Å². The van der Waals surface area contributed by atoms with Crippen molar-refractivity contribution in [2.45, 2.75) is 6.42 Å². The maximum absolute atomic E-state index is 13.8. The van der Waals surface area contributed by atoms with Crippen LogP contribution in [-0.4, -0.2) is 79.7 Å². The summed E-state index contributed by atoms with van der Waals surface area (Å²) < 4.78 is 25.8. The molecule has 0 spiro atoms. The van der Waals surface area contributed by atoms with Crippen LogP contribution in [0.3, 0.4) is 0 Å². The minimum atomic E-state index is -0.392. The number of fused-ring (bicyclic) bond motifs is 1. The molecule has 0 saturated carbocycles. The zero-order valence-corrected chi connectivity index (χ0v) is 21.8. The van der Waals surface area contributed by atoms with Gasteiger partial charge in [-0.2, -0.15) is 4.99 Å². The average molecular weight is 535 g/mol. The normalized spacial score (nSPS) is 17.7. The lowest BCUT2D eigenvalue weighted by Gasteiger charge is -2.30. The molecule has 0 atom stereocenters. The first kappa shape index (κ1) is 25.0. The van der Waals surface area contributed by atoms with Crippen LogP contribution in [0.15, 0.2) is 58.2 Å². The Morgan fingerprint density at radius 1 is 1.10 bits per heavy atom. The number of amides is 2. The van der Waals surface area contributed by atoms with Gasteiger partial charge in [0.1, 0.15) is 11.5 Å².